The molecule has 0 saturated carbocycles. The van der Waals surface area contributed by atoms with Crippen molar-refractivity contribution in [3.63, 3.8) is 0 Å². The van der Waals surface area contributed by atoms with Gasteiger partial charge in [-0.1, -0.05) is 6.07 Å². The fourth-order valence-electron chi connectivity index (χ4n) is 2.63. The molecule has 9 nitrogen and oxygen atoms in total. The van der Waals surface area contributed by atoms with E-state index in [1.165, 1.54) is 6.92 Å². The topological polar surface area (TPSA) is 113 Å². The van der Waals surface area contributed by atoms with Crippen LogP contribution in [0.25, 0.3) is 0 Å². The lowest BCUT2D eigenvalue weighted by molar-refractivity contribution is -0.114. The Balaban J connectivity index is 0.00000261. The number of pyridine rings is 1. The van der Waals surface area contributed by atoms with E-state index in [2.05, 4.69) is 35.1 Å². The highest BCUT2D eigenvalue weighted by atomic mass is 127. The van der Waals surface area contributed by atoms with Crippen LogP contribution in [0.3, 0.4) is 0 Å². The van der Waals surface area contributed by atoms with Gasteiger partial charge in [0.15, 0.2) is 5.96 Å². The van der Waals surface area contributed by atoms with Gasteiger partial charge in [0, 0.05) is 51.7 Å². The van der Waals surface area contributed by atoms with E-state index in [9.17, 15) is 4.79 Å². The van der Waals surface area contributed by atoms with Crippen molar-refractivity contribution in [3.05, 3.63) is 42.4 Å². The molecular weight excluding hydrogens is 459 g/mol. The summed E-state index contributed by atoms with van der Waals surface area (Å²) < 4.78 is 0. The van der Waals surface area contributed by atoms with Crippen molar-refractivity contribution in [2.45, 2.75) is 13.5 Å². The quantitative estimate of drug-likeness (QED) is 0.381. The first kappa shape index (κ1) is 20.8. The molecule has 2 aromatic rings. The van der Waals surface area contributed by atoms with Gasteiger partial charge in [-0.2, -0.15) is 0 Å². The van der Waals surface area contributed by atoms with Crippen LogP contribution >= 0.6 is 24.0 Å². The molecule has 10 heteroatoms. The minimum Gasteiger partial charge on any atom is -0.370 e. The number of halogens is 1. The number of hydrogen-bond donors (Lipinski definition) is 2. The van der Waals surface area contributed by atoms with Gasteiger partial charge in [-0.15, -0.1) is 24.0 Å². The average molecular weight is 482 g/mol. The monoisotopic (exact) mass is 482 g/mol. The van der Waals surface area contributed by atoms with Gasteiger partial charge in [-0.25, -0.2) is 19.9 Å². The van der Waals surface area contributed by atoms with Gasteiger partial charge in [-0.05, 0) is 17.7 Å². The number of nitrogens with one attached hydrogen (secondary N) is 1. The van der Waals surface area contributed by atoms with E-state index in [1.54, 1.807) is 24.7 Å². The van der Waals surface area contributed by atoms with Crippen molar-refractivity contribution in [2.24, 2.45) is 10.7 Å². The molecule has 1 aliphatic rings. The van der Waals surface area contributed by atoms with Gasteiger partial charge in [0.1, 0.15) is 5.82 Å². The molecule has 0 aliphatic carbocycles. The molecule has 0 radical (unpaired) electrons. The Bertz CT molecular complexity index is 760. The summed E-state index contributed by atoms with van der Waals surface area (Å²) in [7, 11) is 0. The maximum Gasteiger partial charge on any atom is 0.225 e. The highest BCUT2D eigenvalue weighted by molar-refractivity contribution is 14.0. The van der Waals surface area contributed by atoms with E-state index < -0.39 is 0 Å². The van der Waals surface area contributed by atoms with Crippen molar-refractivity contribution in [3.8, 4) is 0 Å². The summed E-state index contributed by atoms with van der Waals surface area (Å²) in [5, 5.41) is 2.63. The van der Waals surface area contributed by atoms with E-state index in [0.29, 0.717) is 18.3 Å². The van der Waals surface area contributed by atoms with Crippen LogP contribution in [-0.2, 0) is 11.3 Å². The first-order chi connectivity index (χ1) is 12.6. The molecule has 1 amide bonds. The number of amides is 1. The zero-order valence-corrected chi connectivity index (χ0v) is 17.4. The number of rotatable bonds is 4. The van der Waals surface area contributed by atoms with Gasteiger partial charge in [0.05, 0.1) is 6.54 Å². The van der Waals surface area contributed by atoms with Gasteiger partial charge < -0.3 is 20.9 Å². The lowest BCUT2D eigenvalue weighted by atomic mass is 10.3. The van der Waals surface area contributed by atoms with Crippen LogP contribution in [0.5, 0.6) is 0 Å². The number of carbonyl (C=O) groups is 1. The summed E-state index contributed by atoms with van der Waals surface area (Å²) in [5.41, 5.74) is 7.05. The molecule has 0 bridgehead atoms. The molecular formula is C17H23IN8O. The average Bonchev–Trinajstić information content (AvgIpc) is 2.67. The number of nitrogens with zero attached hydrogens (tertiary/aromatic N) is 6. The Morgan fingerprint density at radius 2 is 1.89 bits per heavy atom. The fourth-order valence-corrected chi connectivity index (χ4v) is 2.63. The van der Waals surface area contributed by atoms with Crippen molar-refractivity contribution in [2.75, 3.05) is 36.4 Å². The summed E-state index contributed by atoms with van der Waals surface area (Å²) in [6, 6.07) is 5.43. The number of piperazine rings is 1. The van der Waals surface area contributed by atoms with Crippen molar-refractivity contribution < 1.29 is 4.79 Å². The molecule has 1 saturated heterocycles. The van der Waals surface area contributed by atoms with Crippen molar-refractivity contribution in [1.29, 1.82) is 0 Å². The number of nitrogens with two attached hydrogens (primary N) is 1. The summed E-state index contributed by atoms with van der Waals surface area (Å²) >= 11 is 0. The summed E-state index contributed by atoms with van der Waals surface area (Å²) in [4.78, 5) is 32.4. The zero-order chi connectivity index (χ0) is 18.4. The Morgan fingerprint density at radius 1 is 1.19 bits per heavy atom. The number of aromatic nitrogens is 3. The standard InChI is InChI=1S/C17H22N8O.HI/c1-13(26)23-15-4-3-14(11-21-15)12-22-16(18)24-7-9-25(10-8-24)17-19-5-2-6-20-17;/h2-6,11H,7-10,12H2,1H3,(H2,18,22)(H,21,23,26);1H. The van der Waals surface area contributed by atoms with Crippen molar-refractivity contribution >= 4 is 47.6 Å². The van der Waals surface area contributed by atoms with Crippen LogP contribution in [0, 0.1) is 0 Å². The van der Waals surface area contributed by atoms with Gasteiger partial charge >= 0.3 is 0 Å². The van der Waals surface area contributed by atoms with E-state index in [1.807, 2.05) is 12.1 Å². The minimum atomic E-state index is -0.146. The number of aliphatic imine (C=N–C) groups is 1. The second-order valence-electron chi connectivity index (χ2n) is 5.93. The molecule has 3 N–H and O–H groups in total. The molecule has 0 aromatic carbocycles. The second kappa shape index (κ2) is 10.00. The van der Waals surface area contributed by atoms with Crippen LogP contribution in [0.15, 0.2) is 41.8 Å². The number of anilines is 2. The smallest absolute Gasteiger partial charge is 0.225 e. The van der Waals surface area contributed by atoms with E-state index in [4.69, 9.17) is 5.73 Å². The molecule has 0 unspecified atom stereocenters. The lowest BCUT2D eigenvalue weighted by Crippen LogP contribution is -2.51. The normalized spacial score (nSPS) is 14.5. The van der Waals surface area contributed by atoms with Gasteiger partial charge in [-0.3, -0.25) is 4.79 Å². The number of hydrogen-bond acceptors (Lipinski definition) is 6. The molecule has 3 rings (SSSR count). The molecule has 1 aliphatic heterocycles. The predicted molar refractivity (Wildman–Crippen MR) is 115 cm³/mol. The Hall–Kier alpha value is -2.50. The SMILES string of the molecule is CC(=O)Nc1ccc(CN=C(N)N2CCN(c3ncccn3)CC2)cn1.I. The Kier molecular flexibility index (Phi) is 7.70. The van der Waals surface area contributed by atoms with Crippen LogP contribution in [0.4, 0.5) is 11.8 Å². The third-order valence-electron chi connectivity index (χ3n) is 3.99. The lowest BCUT2D eigenvalue weighted by Gasteiger charge is -2.35. The molecule has 0 spiro atoms. The number of guanidine groups is 1. The third kappa shape index (κ3) is 6.01. The highest BCUT2D eigenvalue weighted by Gasteiger charge is 2.19. The first-order valence-corrected chi connectivity index (χ1v) is 8.41. The Morgan fingerprint density at radius 3 is 2.48 bits per heavy atom. The molecule has 0 atom stereocenters. The molecule has 2 aromatic heterocycles. The van der Waals surface area contributed by atoms with Crippen LogP contribution in [0.2, 0.25) is 0 Å². The minimum absolute atomic E-state index is 0. The summed E-state index contributed by atoms with van der Waals surface area (Å²) in [6.45, 7) is 5.03. The molecule has 27 heavy (non-hydrogen) atoms. The third-order valence-corrected chi connectivity index (χ3v) is 3.99. The molecule has 144 valence electrons. The zero-order valence-electron chi connectivity index (χ0n) is 15.1. The second-order valence-corrected chi connectivity index (χ2v) is 5.93. The van der Waals surface area contributed by atoms with E-state index >= 15 is 0 Å². The van der Waals surface area contributed by atoms with Crippen LogP contribution in [0.1, 0.15) is 12.5 Å². The van der Waals surface area contributed by atoms with Gasteiger partial charge in [0.25, 0.3) is 0 Å². The van der Waals surface area contributed by atoms with E-state index in [-0.39, 0.29) is 29.9 Å². The Labute approximate surface area is 175 Å². The summed E-state index contributed by atoms with van der Waals surface area (Å²) in [6.07, 6.45) is 5.18. The van der Waals surface area contributed by atoms with E-state index in [0.717, 1.165) is 37.7 Å². The van der Waals surface area contributed by atoms with Crippen LogP contribution < -0.4 is 16.0 Å². The molecule has 1 fully saturated rings. The first-order valence-electron chi connectivity index (χ1n) is 8.41. The fraction of sp³-hybridized carbons (Fsp3) is 0.353. The number of carbonyl (C=O) groups excluding carboxylic acids is 1. The van der Waals surface area contributed by atoms with Gasteiger partial charge in [0.2, 0.25) is 11.9 Å². The summed E-state index contributed by atoms with van der Waals surface area (Å²) in [5.74, 6) is 1.64. The van der Waals surface area contributed by atoms with Crippen molar-refractivity contribution in [1.82, 2.24) is 19.9 Å². The highest BCUT2D eigenvalue weighted by Crippen LogP contribution is 2.10. The maximum absolute atomic E-state index is 11.0. The largest absolute Gasteiger partial charge is 0.370 e. The predicted octanol–water partition coefficient (Wildman–Crippen LogP) is 1.08. The molecule has 3 heterocycles. The maximum atomic E-state index is 11.0. The van der Waals surface area contributed by atoms with Crippen LogP contribution in [-0.4, -0.2) is 57.9 Å².